The van der Waals surface area contributed by atoms with Crippen LogP contribution >= 0.6 is 0 Å². The Hall–Kier alpha value is -2.81. The molecule has 1 aromatic rings. The standard InChI is InChI=1S/C16H18N4O5/c17-15(22)10-5-7-18(8-6-10)13-9-14(21)19(16(13)23)11-3-1-2-4-12(11)20(24)25/h1-4,10,13H,5-9H2,(H2,17,22)/p+1/t13-/m0/s1. The number of benzene rings is 1. The van der Waals surface area contributed by atoms with E-state index in [4.69, 9.17) is 5.73 Å². The van der Waals surface area contributed by atoms with Crippen LogP contribution in [0.5, 0.6) is 0 Å². The number of nitrogens with one attached hydrogen (secondary N) is 1. The first-order chi connectivity index (χ1) is 11.9. The predicted octanol–water partition coefficient (Wildman–Crippen LogP) is -0.993. The Labute approximate surface area is 143 Å². The predicted molar refractivity (Wildman–Crippen MR) is 86.6 cm³/mol. The Balaban J connectivity index is 1.80. The Bertz CT molecular complexity index is 742. The Morgan fingerprint density at radius 3 is 2.48 bits per heavy atom. The van der Waals surface area contributed by atoms with Crippen molar-refractivity contribution in [1.82, 2.24) is 0 Å². The molecule has 0 saturated carbocycles. The highest BCUT2D eigenvalue weighted by atomic mass is 16.6. The number of para-hydroxylation sites is 2. The summed E-state index contributed by atoms with van der Waals surface area (Å²) in [6, 6.07) is 5.16. The highest BCUT2D eigenvalue weighted by molar-refractivity contribution is 6.22. The Morgan fingerprint density at radius 2 is 1.88 bits per heavy atom. The minimum atomic E-state index is -0.603. The van der Waals surface area contributed by atoms with Gasteiger partial charge in [0.1, 0.15) is 5.69 Å². The fraction of sp³-hybridized carbons (Fsp3) is 0.438. The number of hydrogen-bond donors (Lipinski definition) is 2. The summed E-state index contributed by atoms with van der Waals surface area (Å²) in [7, 11) is 0. The van der Waals surface area contributed by atoms with Gasteiger partial charge in [-0.2, -0.15) is 0 Å². The van der Waals surface area contributed by atoms with Gasteiger partial charge in [0.15, 0.2) is 6.04 Å². The lowest BCUT2D eigenvalue weighted by Crippen LogP contribution is -3.17. The quantitative estimate of drug-likeness (QED) is 0.410. The van der Waals surface area contributed by atoms with E-state index in [-0.39, 0.29) is 29.6 Å². The zero-order valence-electron chi connectivity index (χ0n) is 13.5. The average molecular weight is 347 g/mol. The molecular formula is C16H19N4O5+. The summed E-state index contributed by atoms with van der Waals surface area (Å²) in [5.74, 6) is -1.39. The third-order valence-corrected chi connectivity index (χ3v) is 4.99. The number of nitro benzene ring substituents is 1. The summed E-state index contributed by atoms with van der Waals surface area (Å²) in [4.78, 5) is 48.8. The average Bonchev–Trinajstić information content (AvgIpc) is 2.89. The molecule has 132 valence electrons. The van der Waals surface area contributed by atoms with Crippen LogP contribution in [0, 0.1) is 16.0 Å². The van der Waals surface area contributed by atoms with Crippen LogP contribution in [0.25, 0.3) is 0 Å². The Morgan fingerprint density at radius 1 is 1.24 bits per heavy atom. The van der Waals surface area contributed by atoms with Crippen LogP contribution in [0.2, 0.25) is 0 Å². The molecule has 0 spiro atoms. The lowest BCUT2D eigenvalue weighted by molar-refractivity contribution is -0.920. The molecule has 9 nitrogen and oxygen atoms in total. The van der Waals surface area contributed by atoms with Crippen LogP contribution in [-0.4, -0.2) is 41.8 Å². The molecule has 3 N–H and O–H groups in total. The Kier molecular flexibility index (Phi) is 4.49. The molecule has 0 unspecified atom stereocenters. The zero-order valence-corrected chi connectivity index (χ0v) is 13.5. The van der Waals surface area contributed by atoms with Crippen molar-refractivity contribution in [3.05, 3.63) is 34.4 Å². The van der Waals surface area contributed by atoms with Gasteiger partial charge < -0.3 is 10.6 Å². The van der Waals surface area contributed by atoms with Crippen LogP contribution in [0.4, 0.5) is 11.4 Å². The summed E-state index contributed by atoms with van der Waals surface area (Å²) in [6.45, 7) is 1.14. The van der Waals surface area contributed by atoms with Gasteiger partial charge in [-0.1, -0.05) is 12.1 Å². The lowest BCUT2D eigenvalue weighted by atomic mass is 9.95. The molecule has 2 aliphatic heterocycles. The largest absolute Gasteiger partial charge is 0.369 e. The van der Waals surface area contributed by atoms with Crippen molar-refractivity contribution < 1.29 is 24.2 Å². The summed E-state index contributed by atoms with van der Waals surface area (Å²) < 4.78 is 0. The fourth-order valence-electron chi connectivity index (χ4n) is 3.63. The van der Waals surface area contributed by atoms with Crippen molar-refractivity contribution in [3.63, 3.8) is 0 Å². The SMILES string of the molecule is NC(=O)C1CC[NH+]([C@H]2CC(=O)N(c3ccccc3[N+](=O)[O-])C2=O)CC1. The van der Waals surface area contributed by atoms with Gasteiger partial charge in [0.2, 0.25) is 11.8 Å². The number of nitro groups is 1. The number of carbonyl (C=O) groups is 3. The number of hydrogen-bond acceptors (Lipinski definition) is 5. The minimum absolute atomic E-state index is 0.0106. The molecule has 0 aliphatic carbocycles. The van der Waals surface area contributed by atoms with Gasteiger partial charge in [0.25, 0.3) is 11.6 Å². The molecule has 9 heteroatoms. The van der Waals surface area contributed by atoms with Gasteiger partial charge in [-0.25, -0.2) is 4.90 Å². The maximum absolute atomic E-state index is 12.8. The van der Waals surface area contributed by atoms with E-state index < -0.39 is 22.8 Å². The fourth-order valence-corrected chi connectivity index (χ4v) is 3.63. The minimum Gasteiger partial charge on any atom is -0.369 e. The van der Waals surface area contributed by atoms with E-state index in [0.29, 0.717) is 25.9 Å². The second-order valence-corrected chi connectivity index (χ2v) is 6.40. The molecule has 3 amide bonds. The van der Waals surface area contributed by atoms with E-state index >= 15 is 0 Å². The molecule has 2 fully saturated rings. The number of anilines is 1. The van der Waals surface area contributed by atoms with Gasteiger partial charge in [0, 0.05) is 24.8 Å². The summed E-state index contributed by atoms with van der Waals surface area (Å²) in [5, 5.41) is 11.2. The van der Waals surface area contributed by atoms with Crippen molar-refractivity contribution in [3.8, 4) is 0 Å². The second-order valence-electron chi connectivity index (χ2n) is 6.40. The molecule has 1 atom stereocenters. The first-order valence-corrected chi connectivity index (χ1v) is 8.14. The van der Waals surface area contributed by atoms with Crippen LogP contribution in [0.15, 0.2) is 24.3 Å². The number of quaternary nitrogens is 1. The number of imide groups is 1. The molecule has 2 heterocycles. The van der Waals surface area contributed by atoms with E-state index in [9.17, 15) is 24.5 Å². The van der Waals surface area contributed by atoms with E-state index in [2.05, 4.69) is 0 Å². The monoisotopic (exact) mass is 347 g/mol. The third-order valence-electron chi connectivity index (χ3n) is 4.99. The molecular weight excluding hydrogens is 328 g/mol. The van der Waals surface area contributed by atoms with Crippen molar-refractivity contribution >= 4 is 29.1 Å². The smallest absolute Gasteiger partial charge is 0.293 e. The van der Waals surface area contributed by atoms with E-state index in [1.165, 1.54) is 18.2 Å². The first kappa shape index (κ1) is 17.0. The van der Waals surface area contributed by atoms with Gasteiger partial charge in [-0.05, 0) is 6.07 Å². The number of piperidine rings is 1. The number of carbonyl (C=O) groups excluding carboxylic acids is 3. The molecule has 0 aromatic heterocycles. The molecule has 3 rings (SSSR count). The van der Waals surface area contributed by atoms with Crippen LogP contribution in [0.1, 0.15) is 19.3 Å². The summed E-state index contributed by atoms with van der Waals surface area (Å²) >= 11 is 0. The van der Waals surface area contributed by atoms with Crippen molar-refractivity contribution in [1.29, 1.82) is 0 Å². The normalized spacial score (nSPS) is 26.7. The summed E-state index contributed by atoms with van der Waals surface area (Å²) in [5.41, 5.74) is 5.06. The highest BCUT2D eigenvalue weighted by Crippen LogP contribution is 2.31. The summed E-state index contributed by atoms with van der Waals surface area (Å²) in [6.07, 6.45) is 1.17. The van der Waals surface area contributed by atoms with Gasteiger partial charge in [-0.15, -0.1) is 0 Å². The van der Waals surface area contributed by atoms with Crippen molar-refractivity contribution in [2.24, 2.45) is 11.7 Å². The molecule has 2 saturated heterocycles. The second kappa shape index (κ2) is 6.60. The van der Waals surface area contributed by atoms with Crippen LogP contribution < -0.4 is 15.5 Å². The van der Waals surface area contributed by atoms with E-state index in [0.717, 1.165) is 9.80 Å². The van der Waals surface area contributed by atoms with Crippen molar-refractivity contribution in [2.75, 3.05) is 18.0 Å². The first-order valence-electron chi connectivity index (χ1n) is 8.14. The van der Waals surface area contributed by atoms with Crippen molar-refractivity contribution in [2.45, 2.75) is 25.3 Å². The number of likely N-dealkylation sites (tertiary alicyclic amines) is 1. The van der Waals surface area contributed by atoms with Gasteiger partial charge in [0.05, 0.1) is 24.4 Å². The number of nitrogens with two attached hydrogens (primary N) is 1. The third kappa shape index (κ3) is 3.10. The lowest BCUT2D eigenvalue weighted by Gasteiger charge is -2.30. The number of primary amides is 1. The highest BCUT2D eigenvalue weighted by Gasteiger charge is 2.48. The maximum atomic E-state index is 12.8. The molecule has 0 bridgehead atoms. The number of rotatable bonds is 4. The van der Waals surface area contributed by atoms with Crippen LogP contribution in [-0.2, 0) is 14.4 Å². The maximum Gasteiger partial charge on any atom is 0.293 e. The van der Waals surface area contributed by atoms with E-state index in [1.54, 1.807) is 6.07 Å². The van der Waals surface area contributed by atoms with Gasteiger partial charge >= 0.3 is 0 Å². The zero-order chi connectivity index (χ0) is 18.1. The molecule has 2 aliphatic rings. The van der Waals surface area contributed by atoms with Gasteiger partial charge in [-0.3, -0.25) is 24.5 Å². The number of amides is 3. The topological polar surface area (TPSA) is 128 Å². The molecule has 1 aromatic carbocycles. The van der Waals surface area contributed by atoms with E-state index in [1.807, 2.05) is 0 Å². The molecule has 25 heavy (non-hydrogen) atoms. The van der Waals surface area contributed by atoms with Crippen LogP contribution in [0.3, 0.4) is 0 Å². The molecule has 0 radical (unpaired) electrons. The number of nitrogens with zero attached hydrogens (tertiary/aromatic N) is 2.